The SMILES string of the molecule is O[C@]1(Br)C=CC2=CNN(c3ccc(F)cc3)C2=C1. The quantitative estimate of drug-likeness (QED) is 0.783. The van der Waals surface area contributed by atoms with E-state index in [4.69, 9.17) is 0 Å². The highest BCUT2D eigenvalue weighted by Crippen LogP contribution is 2.34. The van der Waals surface area contributed by atoms with Crippen molar-refractivity contribution in [2.24, 2.45) is 0 Å². The van der Waals surface area contributed by atoms with E-state index in [9.17, 15) is 9.50 Å². The van der Waals surface area contributed by atoms with Gasteiger partial charge in [0.25, 0.3) is 0 Å². The first-order chi connectivity index (χ1) is 8.55. The van der Waals surface area contributed by atoms with Gasteiger partial charge in [-0.1, -0.05) is 6.08 Å². The Morgan fingerprint density at radius 2 is 2.00 bits per heavy atom. The molecule has 1 atom stereocenters. The van der Waals surface area contributed by atoms with Crippen molar-refractivity contribution in [2.75, 3.05) is 5.01 Å². The Morgan fingerprint density at radius 3 is 2.72 bits per heavy atom. The van der Waals surface area contributed by atoms with Crippen LogP contribution < -0.4 is 10.4 Å². The van der Waals surface area contributed by atoms with Gasteiger partial charge in [-0.3, -0.25) is 5.01 Å². The summed E-state index contributed by atoms with van der Waals surface area (Å²) in [7, 11) is 0. The molecular weight excluding hydrogens is 299 g/mol. The second kappa shape index (κ2) is 3.96. The number of benzene rings is 1. The molecule has 0 amide bonds. The first-order valence-corrected chi connectivity index (χ1v) is 6.20. The molecule has 0 unspecified atom stereocenters. The van der Waals surface area contributed by atoms with Crippen molar-refractivity contribution in [3.8, 4) is 0 Å². The molecule has 3 rings (SSSR count). The monoisotopic (exact) mass is 308 g/mol. The predicted molar refractivity (Wildman–Crippen MR) is 71.2 cm³/mol. The fourth-order valence-electron chi connectivity index (χ4n) is 1.94. The summed E-state index contributed by atoms with van der Waals surface area (Å²) in [6.07, 6.45) is 6.98. The van der Waals surface area contributed by atoms with Crippen molar-refractivity contribution in [3.05, 3.63) is 65.8 Å². The van der Waals surface area contributed by atoms with Gasteiger partial charge in [-0.05, 0) is 52.3 Å². The van der Waals surface area contributed by atoms with Crippen LogP contribution in [0.1, 0.15) is 0 Å². The molecule has 18 heavy (non-hydrogen) atoms. The first-order valence-electron chi connectivity index (χ1n) is 5.41. The van der Waals surface area contributed by atoms with Crippen LogP contribution in [0.5, 0.6) is 0 Å². The number of nitrogens with zero attached hydrogens (tertiary/aromatic N) is 1. The summed E-state index contributed by atoms with van der Waals surface area (Å²) >= 11 is 3.19. The number of hydrazine groups is 1. The third-order valence-electron chi connectivity index (χ3n) is 2.81. The van der Waals surface area contributed by atoms with Crippen molar-refractivity contribution in [2.45, 2.75) is 4.51 Å². The van der Waals surface area contributed by atoms with Crippen LogP contribution in [0.2, 0.25) is 0 Å². The molecule has 0 aromatic heterocycles. The van der Waals surface area contributed by atoms with Crippen molar-refractivity contribution in [1.82, 2.24) is 5.43 Å². The largest absolute Gasteiger partial charge is 0.372 e. The van der Waals surface area contributed by atoms with Gasteiger partial charge in [0.1, 0.15) is 5.82 Å². The average molecular weight is 309 g/mol. The maximum Gasteiger partial charge on any atom is 0.159 e. The lowest BCUT2D eigenvalue weighted by atomic mass is 10.1. The lowest BCUT2D eigenvalue weighted by Crippen LogP contribution is -2.31. The van der Waals surface area contributed by atoms with Crippen LogP contribution in [-0.2, 0) is 0 Å². The number of alkyl halides is 1. The molecule has 1 aromatic rings. The molecule has 5 heteroatoms. The highest BCUT2D eigenvalue weighted by atomic mass is 79.9. The fourth-order valence-corrected chi connectivity index (χ4v) is 2.29. The van der Waals surface area contributed by atoms with Gasteiger partial charge in [-0.25, -0.2) is 4.39 Å². The standard InChI is InChI=1S/C13H10BrFN2O/c14-13(18)6-5-9-8-16-17(12(9)7-13)11-3-1-10(15)2-4-11/h1-8,16,18H/t13-/m1/s1. The van der Waals surface area contributed by atoms with E-state index in [1.165, 1.54) is 12.1 Å². The van der Waals surface area contributed by atoms with Gasteiger partial charge in [-0.2, -0.15) is 0 Å². The maximum atomic E-state index is 12.9. The van der Waals surface area contributed by atoms with E-state index in [1.54, 1.807) is 29.3 Å². The number of hydrogen-bond donors (Lipinski definition) is 2. The highest BCUT2D eigenvalue weighted by molar-refractivity contribution is 9.10. The van der Waals surface area contributed by atoms with Crippen LogP contribution in [0.3, 0.4) is 0 Å². The topological polar surface area (TPSA) is 35.5 Å². The third-order valence-corrected chi connectivity index (χ3v) is 3.30. The molecule has 3 nitrogen and oxygen atoms in total. The summed E-state index contributed by atoms with van der Waals surface area (Å²) in [6.45, 7) is 0. The molecule has 2 aliphatic rings. The molecule has 0 radical (unpaired) electrons. The number of anilines is 1. The van der Waals surface area contributed by atoms with Gasteiger partial charge in [-0.15, -0.1) is 0 Å². The minimum absolute atomic E-state index is 0.277. The lowest BCUT2D eigenvalue weighted by Gasteiger charge is -2.25. The fraction of sp³-hybridized carbons (Fsp3) is 0.0769. The van der Waals surface area contributed by atoms with Crippen LogP contribution >= 0.6 is 15.9 Å². The summed E-state index contributed by atoms with van der Waals surface area (Å²) in [5, 5.41) is 11.7. The zero-order chi connectivity index (χ0) is 12.8. The van der Waals surface area contributed by atoms with Crippen LogP contribution in [0.25, 0.3) is 0 Å². The molecule has 0 bridgehead atoms. The molecule has 0 fully saturated rings. The predicted octanol–water partition coefficient (Wildman–Crippen LogP) is 2.57. The number of halogens is 2. The van der Waals surface area contributed by atoms with Crippen LogP contribution in [0.4, 0.5) is 10.1 Å². The zero-order valence-corrected chi connectivity index (χ0v) is 10.9. The molecule has 0 saturated heterocycles. The molecule has 0 saturated carbocycles. The van der Waals surface area contributed by atoms with E-state index >= 15 is 0 Å². The van der Waals surface area contributed by atoms with E-state index in [-0.39, 0.29) is 5.82 Å². The Hall–Kier alpha value is -1.59. The van der Waals surface area contributed by atoms with E-state index in [1.807, 2.05) is 12.3 Å². The van der Waals surface area contributed by atoms with E-state index in [2.05, 4.69) is 21.4 Å². The van der Waals surface area contributed by atoms with Crippen molar-refractivity contribution >= 4 is 21.6 Å². The van der Waals surface area contributed by atoms with Crippen molar-refractivity contribution < 1.29 is 9.50 Å². The van der Waals surface area contributed by atoms with Gasteiger partial charge in [0.05, 0.1) is 11.4 Å². The Kier molecular flexibility index (Phi) is 2.53. The highest BCUT2D eigenvalue weighted by Gasteiger charge is 2.29. The zero-order valence-electron chi connectivity index (χ0n) is 9.27. The summed E-state index contributed by atoms with van der Waals surface area (Å²) in [5.74, 6) is -0.277. The third kappa shape index (κ3) is 1.95. The van der Waals surface area contributed by atoms with Crippen LogP contribution in [-0.4, -0.2) is 9.62 Å². The van der Waals surface area contributed by atoms with Crippen molar-refractivity contribution in [1.29, 1.82) is 0 Å². The molecule has 92 valence electrons. The molecule has 1 aromatic carbocycles. The molecule has 1 aliphatic carbocycles. The van der Waals surface area contributed by atoms with Gasteiger partial charge < -0.3 is 10.5 Å². The lowest BCUT2D eigenvalue weighted by molar-refractivity contribution is 0.243. The van der Waals surface area contributed by atoms with Crippen molar-refractivity contribution in [3.63, 3.8) is 0 Å². The van der Waals surface area contributed by atoms with E-state index < -0.39 is 4.51 Å². The summed E-state index contributed by atoms with van der Waals surface area (Å²) in [5.41, 5.74) is 5.65. The molecule has 1 heterocycles. The maximum absolute atomic E-state index is 12.9. The number of aliphatic hydroxyl groups is 1. The number of rotatable bonds is 1. The summed E-state index contributed by atoms with van der Waals surface area (Å²) in [6, 6.07) is 6.14. The minimum Gasteiger partial charge on any atom is -0.372 e. The summed E-state index contributed by atoms with van der Waals surface area (Å²) in [4.78, 5) is 0. The Bertz CT molecular complexity index is 575. The Morgan fingerprint density at radius 1 is 1.28 bits per heavy atom. The van der Waals surface area contributed by atoms with Gasteiger partial charge in [0, 0.05) is 11.8 Å². The number of fused-ring (bicyclic) bond motifs is 1. The minimum atomic E-state index is -1.15. The molecular formula is C13H10BrFN2O. The van der Waals surface area contributed by atoms with Gasteiger partial charge >= 0.3 is 0 Å². The van der Waals surface area contributed by atoms with E-state index in [0.717, 1.165) is 17.0 Å². The molecule has 0 spiro atoms. The normalized spacial score (nSPS) is 25.4. The average Bonchev–Trinajstić information content (AvgIpc) is 2.71. The van der Waals surface area contributed by atoms with Crippen LogP contribution in [0, 0.1) is 5.82 Å². The van der Waals surface area contributed by atoms with Gasteiger partial charge in [0.2, 0.25) is 0 Å². The number of allylic oxidation sites excluding steroid dienone is 1. The van der Waals surface area contributed by atoms with Crippen LogP contribution in [0.15, 0.2) is 60.0 Å². The van der Waals surface area contributed by atoms with E-state index in [0.29, 0.717) is 0 Å². The second-order valence-corrected chi connectivity index (χ2v) is 5.40. The molecule has 1 aliphatic heterocycles. The number of hydrogen-bond acceptors (Lipinski definition) is 3. The molecule has 2 N–H and O–H groups in total. The first kappa shape index (κ1) is 11.5. The Labute approximate surface area is 112 Å². The second-order valence-electron chi connectivity index (χ2n) is 4.13. The summed E-state index contributed by atoms with van der Waals surface area (Å²) < 4.78 is 11.8. The van der Waals surface area contributed by atoms with Gasteiger partial charge in [0.15, 0.2) is 4.51 Å². The smallest absolute Gasteiger partial charge is 0.159 e. The number of nitrogens with one attached hydrogen (secondary N) is 1. The Balaban J connectivity index is 1.97.